The summed E-state index contributed by atoms with van der Waals surface area (Å²) in [6.45, 7) is 4.07. The summed E-state index contributed by atoms with van der Waals surface area (Å²) < 4.78 is 13.2. The molecule has 1 atom stereocenters. The van der Waals surface area contributed by atoms with Crippen LogP contribution in [-0.4, -0.2) is 15.8 Å². The fourth-order valence-corrected chi connectivity index (χ4v) is 3.35. The lowest BCUT2D eigenvalue weighted by Crippen LogP contribution is -2.22. The zero-order valence-electron chi connectivity index (χ0n) is 15.8. The summed E-state index contributed by atoms with van der Waals surface area (Å²) in [5.41, 5.74) is 3.95. The highest BCUT2D eigenvalue weighted by molar-refractivity contribution is 6.03. The number of ketones is 1. The Morgan fingerprint density at radius 3 is 2.29 bits per heavy atom. The third kappa shape index (κ3) is 3.86. The van der Waals surface area contributed by atoms with Gasteiger partial charge >= 0.3 is 0 Å². The van der Waals surface area contributed by atoms with Crippen molar-refractivity contribution in [3.05, 3.63) is 71.2 Å². The van der Waals surface area contributed by atoms with E-state index >= 15 is 0 Å². The van der Waals surface area contributed by atoms with Crippen molar-refractivity contribution >= 4 is 28.9 Å². The number of halogens is 1. The minimum absolute atomic E-state index is 0.0280. The molecule has 2 N–H and O–H groups in total. The van der Waals surface area contributed by atoms with E-state index in [4.69, 9.17) is 0 Å². The number of benzene rings is 2. The van der Waals surface area contributed by atoms with Crippen molar-refractivity contribution < 1.29 is 9.18 Å². The van der Waals surface area contributed by atoms with Crippen LogP contribution in [0.3, 0.4) is 0 Å². The standard InChI is InChI=1S/C22H21FN4O/c1-13-3-7-17(8-4-13)25-22-26-18-11-14(2)12-19(28)20(18)21(27-22)24-16-9-5-15(23)6-10-16/h3-10,14H,11-12H2,1-2H3,(H2,24,25,26,27). The predicted molar refractivity (Wildman–Crippen MR) is 108 cm³/mol. The molecule has 28 heavy (non-hydrogen) atoms. The number of nitrogens with zero attached hydrogens (tertiary/aromatic N) is 2. The smallest absolute Gasteiger partial charge is 0.229 e. The molecule has 6 heteroatoms. The molecule has 0 radical (unpaired) electrons. The summed E-state index contributed by atoms with van der Waals surface area (Å²) in [6, 6.07) is 13.9. The van der Waals surface area contributed by atoms with Crippen molar-refractivity contribution in [1.29, 1.82) is 0 Å². The van der Waals surface area contributed by atoms with Gasteiger partial charge in [-0.2, -0.15) is 4.98 Å². The summed E-state index contributed by atoms with van der Waals surface area (Å²) in [5, 5.41) is 6.37. The minimum Gasteiger partial charge on any atom is -0.339 e. The maximum atomic E-state index is 13.2. The Morgan fingerprint density at radius 1 is 0.929 bits per heavy atom. The summed E-state index contributed by atoms with van der Waals surface area (Å²) in [7, 11) is 0. The van der Waals surface area contributed by atoms with Crippen molar-refractivity contribution in [2.45, 2.75) is 26.7 Å². The number of aryl methyl sites for hydroxylation is 1. The number of hydrogen-bond donors (Lipinski definition) is 2. The molecule has 0 saturated carbocycles. The second-order valence-electron chi connectivity index (χ2n) is 7.28. The molecule has 4 rings (SSSR count). The van der Waals surface area contributed by atoms with Crippen LogP contribution in [0.4, 0.5) is 27.5 Å². The molecular formula is C22H21FN4O. The number of anilines is 4. The van der Waals surface area contributed by atoms with E-state index in [9.17, 15) is 9.18 Å². The maximum absolute atomic E-state index is 13.2. The van der Waals surface area contributed by atoms with Crippen LogP contribution in [0.5, 0.6) is 0 Å². The van der Waals surface area contributed by atoms with Crippen molar-refractivity contribution in [3.8, 4) is 0 Å². The Bertz CT molecular complexity index is 1020. The molecule has 0 aliphatic heterocycles. The molecule has 1 aliphatic carbocycles. The molecule has 0 bridgehead atoms. The van der Waals surface area contributed by atoms with Crippen molar-refractivity contribution in [2.75, 3.05) is 10.6 Å². The Hall–Kier alpha value is -3.28. The van der Waals surface area contributed by atoms with Crippen LogP contribution in [0, 0.1) is 18.7 Å². The van der Waals surface area contributed by atoms with Crippen molar-refractivity contribution in [3.63, 3.8) is 0 Å². The van der Waals surface area contributed by atoms with Gasteiger partial charge in [0.15, 0.2) is 5.78 Å². The topological polar surface area (TPSA) is 66.9 Å². The molecule has 5 nitrogen and oxygen atoms in total. The quantitative estimate of drug-likeness (QED) is 0.657. The monoisotopic (exact) mass is 376 g/mol. The molecule has 1 aliphatic rings. The number of nitrogens with one attached hydrogen (secondary N) is 2. The van der Waals surface area contributed by atoms with Gasteiger partial charge in [0.2, 0.25) is 5.95 Å². The normalized spacial score (nSPS) is 15.8. The number of carbonyl (C=O) groups is 1. The summed E-state index contributed by atoms with van der Waals surface area (Å²) in [4.78, 5) is 21.8. The van der Waals surface area contributed by atoms with Crippen LogP contribution in [0.2, 0.25) is 0 Å². The molecule has 0 spiro atoms. The van der Waals surface area contributed by atoms with Crippen LogP contribution in [-0.2, 0) is 6.42 Å². The number of Topliss-reactive ketones (excluding diaryl/α,β-unsaturated/α-hetero) is 1. The summed E-state index contributed by atoms with van der Waals surface area (Å²) >= 11 is 0. The highest BCUT2D eigenvalue weighted by Crippen LogP contribution is 2.32. The van der Waals surface area contributed by atoms with E-state index in [2.05, 4.69) is 20.6 Å². The molecule has 1 unspecified atom stereocenters. The highest BCUT2D eigenvalue weighted by atomic mass is 19.1. The van der Waals surface area contributed by atoms with Gasteiger partial charge in [-0.3, -0.25) is 4.79 Å². The van der Waals surface area contributed by atoms with Gasteiger partial charge in [-0.05, 0) is 55.7 Å². The Kier molecular flexibility index (Phi) is 4.77. The fraction of sp³-hybridized carbons (Fsp3) is 0.227. The van der Waals surface area contributed by atoms with E-state index in [-0.39, 0.29) is 17.5 Å². The van der Waals surface area contributed by atoms with E-state index in [1.54, 1.807) is 12.1 Å². The van der Waals surface area contributed by atoms with Crippen molar-refractivity contribution in [1.82, 2.24) is 9.97 Å². The van der Waals surface area contributed by atoms with Gasteiger partial charge in [-0.25, -0.2) is 9.37 Å². The predicted octanol–water partition coefficient (Wildman–Crippen LogP) is 5.18. The fourth-order valence-electron chi connectivity index (χ4n) is 3.35. The summed E-state index contributed by atoms with van der Waals surface area (Å²) in [6.07, 6.45) is 1.18. The van der Waals surface area contributed by atoms with Crippen LogP contribution < -0.4 is 10.6 Å². The van der Waals surface area contributed by atoms with E-state index in [0.29, 0.717) is 35.9 Å². The number of aromatic nitrogens is 2. The van der Waals surface area contributed by atoms with Gasteiger partial charge in [-0.1, -0.05) is 24.6 Å². The van der Waals surface area contributed by atoms with E-state index in [1.165, 1.54) is 12.1 Å². The number of hydrogen-bond acceptors (Lipinski definition) is 5. The lowest BCUT2D eigenvalue weighted by atomic mass is 9.87. The number of fused-ring (bicyclic) bond motifs is 1. The zero-order valence-corrected chi connectivity index (χ0v) is 15.8. The third-order valence-corrected chi connectivity index (χ3v) is 4.75. The first kappa shape index (κ1) is 18.1. The summed E-state index contributed by atoms with van der Waals surface area (Å²) in [5.74, 6) is 0.820. The van der Waals surface area contributed by atoms with Crippen molar-refractivity contribution in [2.24, 2.45) is 5.92 Å². The molecule has 0 fully saturated rings. The second-order valence-corrected chi connectivity index (χ2v) is 7.28. The molecule has 2 aromatic carbocycles. The van der Waals surface area contributed by atoms with Crippen LogP contribution in [0.1, 0.15) is 35.0 Å². The number of carbonyl (C=O) groups excluding carboxylic acids is 1. The first-order chi connectivity index (χ1) is 13.5. The molecule has 142 valence electrons. The second kappa shape index (κ2) is 7.38. The Balaban J connectivity index is 1.73. The lowest BCUT2D eigenvalue weighted by Gasteiger charge is -2.23. The molecule has 3 aromatic rings. The van der Waals surface area contributed by atoms with Crippen LogP contribution in [0.25, 0.3) is 0 Å². The Morgan fingerprint density at radius 2 is 1.57 bits per heavy atom. The van der Waals surface area contributed by atoms with Gasteiger partial charge in [0, 0.05) is 17.8 Å². The molecule has 0 saturated heterocycles. The minimum atomic E-state index is -0.318. The largest absolute Gasteiger partial charge is 0.339 e. The van der Waals surface area contributed by atoms with Gasteiger partial charge in [0.25, 0.3) is 0 Å². The first-order valence-electron chi connectivity index (χ1n) is 9.28. The maximum Gasteiger partial charge on any atom is 0.229 e. The number of rotatable bonds is 4. The molecule has 1 heterocycles. The zero-order chi connectivity index (χ0) is 19.7. The third-order valence-electron chi connectivity index (χ3n) is 4.75. The van der Waals surface area contributed by atoms with E-state index < -0.39 is 0 Å². The van der Waals surface area contributed by atoms with Crippen LogP contribution >= 0.6 is 0 Å². The van der Waals surface area contributed by atoms with E-state index in [1.807, 2.05) is 38.1 Å². The van der Waals surface area contributed by atoms with E-state index in [0.717, 1.165) is 16.9 Å². The van der Waals surface area contributed by atoms with Gasteiger partial charge in [0.05, 0.1) is 11.3 Å². The Labute approximate surface area is 163 Å². The molecular weight excluding hydrogens is 355 g/mol. The lowest BCUT2D eigenvalue weighted by molar-refractivity contribution is 0.0953. The average molecular weight is 376 g/mol. The first-order valence-corrected chi connectivity index (χ1v) is 9.28. The average Bonchev–Trinajstić information content (AvgIpc) is 2.65. The van der Waals surface area contributed by atoms with Crippen LogP contribution in [0.15, 0.2) is 48.5 Å². The molecule has 1 aromatic heterocycles. The SMILES string of the molecule is Cc1ccc(Nc2nc3c(c(Nc4ccc(F)cc4)n2)C(=O)CC(C)C3)cc1. The van der Waals surface area contributed by atoms with Gasteiger partial charge < -0.3 is 10.6 Å². The molecule has 0 amide bonds. The van der Waals surface area contributed by atoms with Gasteiger partial charge in [0.1, 0.15) is 11.6 Å². The highest BCUT2D eigenvalue weighted by Gasteiger charge is 2.28. The van der Waals surface area contributed by atoms with Gasteiger partial charge in [-0.15, -0.1) is 0 Å².